The number of nitrogens with one attached hydrogen (secondary N) is 1. The summed E-state index contributed by atoms with van der Waals surface area (Å²) in [7, 11) is 0. The Bertz CT molecular complexity index is 284. The fourth-order valence-corrected chi connectivity index (χ4v) is 0.994. The van der Waals surface area contributed by atoms with Crippen LogP contribution in [0.3, 0.4) is 0 Å². The number of nitrogens with two attached hydrogens (primary N) is 1. The number of alkyl carbamates (subject to hydrolysis) is 1. The minimum Gasteiger partial charge on any atom is -0.444 e. The Balaban J connectivity index is 3.95. The molecule has 0 aromatic carbocycles. The molecule has 1 amide bonds. The number of hydrogen-bond acceptors (Lipinski definition) is 3. The lowest BCUT2D eigenvalue weighted by Crippen LogP contribution is -2.39. The minimum atomic E-state index is -0.474. The third-order valence-electron chi connectivity index (χ3n) is 1.89. The van der Waals surface area contributed by atoms with E-state index in [0.29, 0.717) is 6.54 Å². The maximum absolute atomic E-state index is 11.3. The zero-order valence-electron chi connectivity index (χ0n) is 10.8. The number of amides is 1. The van der Waals surface area contributed by atoms with Crippen LogP contribution in [0.5, 0.6) is 0 Å². The van der Waals surface area contributed by atoms with Crippen molar-refractivity contribution in [1.82, 2.24) is 5.32 Å². The Hall–Kier alpha value is -1.21. The van der Waals surface area contributed by atoms with Crippen molar-refractivity contribution in [2.45, 2.75) is 46.3 Å². The van der Waals surface area contributed by atoms with Crippen LogP contribution in [0.1, 0.15) is 34.6 Å². The zero-order valence-corrected chi connectivity index (χ0v) is 10.8. The van der Waals surface area contributed by atoms with E-state index in [1.165, 1.54) is 0 Å². The molecule has 3 N–H and O–H groups in total. The van der Waals surface area contributed by atoms with Gasteiger partial charge in [0.2, 0.25) is 0 Å². The lowest BCUT2D eigenvalue weighted by molar-refractivity contribution is 0.0520. The number of carbonyl (C=O) groups excluding carboxylic acids is 1. The van der Waals surface area contributed by atoms with Crippen LogP contribution in [-0.2, 0) is 4.74 Å². The second-order valence-corrected chi connectivity index (χ2v) is 4.78. The van der Waals surface area contributed by atoms with Crippen LogP contribution in [-0.4, -0.2) is 24.3 Å². The van der Waals surface area contributed by atoms with E-state index in [2.05, 4.69) is 17.2 Å². The first kappa shape index (κ1) is 14.8. The molecule has 0 radical (unpaired) electrons. The second-order valence-electron chi connectivity index (χ2n) is 4.78. The molecule has 0 aliphatic heterocycles. The van der Waals surface area contributed by atoms with Gasteiger partial charge in [0.25, 0.3) is 0 Å². The molecule has 0 aliphatic rings. The molecule has 0 saturated heterocycles. The van der Waals surface area contributed by atoms with Crippen molar-refractivity contribution in [3.05, 3.63) is 0 Å². The highest BCUT2D eigenvalue weighted by Gasteiger charge is 2.17. The largest absolute Gasteiger partial charge is 0.444 e. The number of ether oxygens (including phenoxy) is 1. The van der Waals surface area contributed by atoms with Crippen molar-refractivity contribution >= 4 is 6.09 Å². The van der Waals surface area contributed by atoms with E-state index in [1.807, 2.05) is 27.7 Å². The van der Waals surface area contributed by atoms with Gasteiger partial charge in [-0.2, -0.15) is 0 Å². The third-order valence-corrected chi connectivity index (χ3v) is 1.89. The van der Waals surface area contributed by atoms with Gasteiger partial charge in [-0.05, 0) is 33.6 Å². The molecule has 4 nitrogen and oxygen atoms in total. The number of rotatable bonds is 3. The van der Waals surface area contributed by atoms with Crippen molar-refractivity contribution in [1.29, 1.82) is 0 Å². The van der Waals surface area contributed by atoms with Crippen molar-refractivity contribution in [3.63, 3.8) is 0 Å². The molecule has 2 atom stereocenters. The smallest absolute Gasteiger partial charge is 0.407 e. The SMILES string of the molecule is CC#CC(N)C(C)CNC(=O)OC(C)(C)C. The molecular formula is C12H22N2O2. The van der Waals surface area contributed by atoms with Gasteiger partial charge in [-0.25, -0.2) is 4.79 Å². The van der Waals surface area contributed by atoms with Gasteiger partial charge in [0.05, 0.1) is 6.04 Å². The van der Waals surface area contributed by atoms with E-state index >= 15 is 0 Å². The molecule has 0 aromatic rings. The van der Waals surface area contributed by atoms with Gasteiger partial charge in [0, 0.05) is 6.54 Å². The summed E-state index contributed by atoms with van der Waals surface area (Å²) in [5, 5.41) is 2.67. The molecule has 0 rings (SSSR count). The maximum atomic E-state index is 11.3. The van der Waals surface area contributed by atoms with E-state index in [-0.39, 0.29) is 12.0 Å². The Morgan fingerprint density at radius 3 is 2.50 bits per heavy atom. The van der Waals surface area contributed by atoms with Crippen LogP contribution < -0.4 is 11.1 Å². The Morgan fingerprint density at radius 2 is 2.06 bits per heavy atom. The maximum Gasteiger partial charge on any atom is 0.407 e. The molecule has 0 fully saturated rings. The van der Waals surface area contributed by atoms with Crippen LogP contribution in [0, 0.1) is 17.8 Å². The first-order valence-electron chi connectivity index (χ1n) is 5.41. The average molecular weight is 226 g/mol. The van der Waals surface area contributed by atoms with Crippen molar-refractivity contribution in [3.8, 4) is 11.8 Å². The van der Waals surface area contributed by atoms with Crippen molar-refractivity contribution in [2.24, 2.45) is 11.7 Å². The molecule has 2 unspecified atom stereocenters. The van der Waals surface area contributed by atoms with E-state index in [4.69, 9.17) is 10.5 Å². The van der Waals surface area contributed by atoms with Crippen LogP contribution in [0.2, 0.25) is 0 Å². The van der Waals surface area contributed by atoms with Gasteiger partial charge in [-0.1, -0.05) is 12.8 Å². The molecule has 0 spiro atoms. The summed E-state index contributed by atoms with van der Waals surface area (Å²) < 4.78 is 5.10. The number of hydrogen-bond donors (Lipinski definition) is 2. The summed E-state index contributed by atoms with van der Waals surface area (Å²) in [5.74, 6) is 5.71. The average Bonchev–Trinajstić information content (AvgIpc) is 2.11. The third kappa shape index (κ3) is 7.13. The topological polar surface area (TPSA) is 64.3 Å². The molecule has 92 valence electrons. The molecule has 0 aliphatic carbocycles. The predicted molar refractivity (Wildman–Crippen MR) is 64.8 cm³/mol. The molecule has 0 saturated carbocycles. The van der Waals surface area contributed by atoms with E-state index in [1.54, 1.807) is 6.92 Å². The van der Waals surface area contributed by atoms with Crippen molar-refractivity contribution in [2.75, 3.05) is 6.54 Å². The summed E-state index contributed by atoms with van der Waals surface area (Å²) >= 11 is 0. The molecule has 0 bridgehead atoms. The first-order chi connectivity index (χ1) is 7.26. The summed E-state index contributed by atoms with van der Waals surface area (Å²) in [6.45, 7) is 9.62. The Morgan fingerprint density at radius 1 is 1.50 bits per heavy atom. The number of carbonyl (C=O) groups is 1. The van der Waals surface area contributed by atoms with Crippen LogP contribution in [0.4, 0.5) is 4.79 Å². The summed E-state index contributed by atoms with van der Waals surface area (Å²) in [4.78, 5) is 11.3. The molecule has 0 aromatic heterocycles. The predicted octanol–water partition coefficient (Wildman–Crippen LogP) is 1.50. The van der Waals surface area contributed by atoms with Crippen LogP contribution >= 0.6 is 0 Å². The quantitative estimate of drug-likeness (QED) is 0.717. The standard InChI is InChI=1S/C12H22N2O2/c1-6-7-10(13)9(2)8-14-11(15)16-12(3,4)5/h9-10H,8,13H2,1-5H3,(H,14,15). The van der Waals surface area contributed by atoms with E-state index < -0.39 is 11.7 Å². The molecule has 0 heterocycles. The van der Waals surface area contributed by atoms with E-state index in [9.17, 15) is 4.79 Å². The Labute approximate surface area is 97.9 Å². The highest BCUT2D eigenvalue weighted by Crippen LogP contribution is 2.06. The van der Waals surface area contributed by atoms with Gasteiger partial charge < -0.3 is 15.8 Å². The zero-order chi connectivity index (χ0) is 12.8. The van der Waals surface area contributed by atoms with Crippen LogP contribution in [0.15, 0.2) is 0 Å². The van der Waals surface area contributed by atoms with E-state index in [0.717, 1.165) is 0 Å². The highest BCUT2D eigenvalue weighted by atomic mass is 16.6. The fourth-order valence-electron chi connectivity index (χ4n) is 0.994. The normalized spacial score (nSPS) is 14.4. The fraction of sp³-hybridized carbons (Fsp3) is 0.750. The molecular weight excluding hydrogens is 204 g/mol. The van der Waals surface area contributed by atoms with Crippen molar-refractivity contribution < 1.29 is 9.53 Å². The summed E-state index contributed by atoms with van der Waals surface area (Å²) in [6.07, 6.45) is -0.420. The highest BCUT2D eigenvalue weighted by molar-refractivity contribution is 5.67. The monoisotopic (exact) mass is 226 g/mol. The second kappa shape index (κ2) is 6.39. The molecule has 16 heavy (non-hydrogen) atoms. The van der Waals surface area contributed by atoms with Gasteiger partial charge in [0.15, 0.2) is 0 Å². The van der Waals surface area contributed by atoms with Gasteiger partial charge in [0.1, 0.15) is 5.60 Å². The van der Waals surface area contributed by atoms with Crippen LogP contribution in [0.25, 0.3) is 0 Å². The summed E-state index contributed by atoms with van der Waals surface area (Å²) in [5.41, 5.74) is 5.30. The lowest BCUT2D eigenvalue weighted by Gasteiger charge is -2.21. The molecule has 4 heteroatoms. The first-order valence-corrected chi connectivity index (χ1v) is 5.41. The van der Waals surface area contributed by atoms with Gasteiger partial charge in [-0.3, -0.25) is 0 Å². The minimum absolute atomic E-state index is 0.0972. The van der Waals surface area contributed by atoms with Gasteiger partial charge >= 0.3 is 6.09 Å². The lowest BCUT2D eigenvalue weighted by atomic mass is 10.0. The van der Waals surface area contributed by atoms with Gasteiger partial charge in [-0.15, -0.1) is 5.92 Å². The summed E-state index contributed by atoms with van der Waals surface area (Å²) in [6, 6.07) is -0.222. The Kier molecular flexibility index (Phi) is 5.91.